The molecule has 7 nitrogen and oxygen atoms in total. The summed E-state index contributed by atoms with van der Waals surface area (Å²) in [5, 5.41) is 2.62. The molecule has 2 aromatic carbocycles. The van der Waals surface area contributed by atoms with Crippen LogP contribution in [0.1, 0.15) is 29.9 Å². The molecule has 0 aliphatic carbocycles. The predicted molar refractivity (Wildman–Crippen MR) is 135 cm³/mol. The zero-order chi connectivity index (χ0) is 25.5. The number of anilines is 1. The van der Waals surface area contributed by atoms with Gasteiger partial charge in [0.1, 0.15) is 23.9 Å². The van der Waals surface area contributed by atoms with Crippen molar-refractivity contribution in [2.75, 3.05) is 25.0 Å². The highest BCUT2D eigenvalue weighted by Crippen LogP contribution is 2.21. The van der Waals surface area contributed by atoms with Crippen molar-refractivity contribution in [3.05, 3.63) is 88.6 Å². The molecule has 1 aliphatic rings. The molecule has 3 amide bonds. The van der Waals surface area contributed by atoms with Crippen LogP contribution in [0.5, 0.6) is 0 Å². The summed E-state index contributed by atoms with van der Waals surface area (Å²) in [6.45, 7) is 3.20. The zero-order valence-electron chi connectivity index (χ0n) is 20.1. The molecular formula is C27H29ClFN3O4. The van der Waals surface area contributed by atoms with Crippen molar-refractivity contribution in [2.24, 2.45) is 0 Å². The lowest BCUT2D eigenvalue weighted by Gasteiger charge is -2.29. The van der Waals surface area contributed by atoms with E-state index in [2.05, 4.69) is 5.32 Å². The first-order valence-corrected chi connectivity index (χ1v) is 12.2. The second-order valence-electron chi connectivity index (χ2n) is 8.82. The lowest BCUT2D eigenvalue weighted by Crippen LogP contribution is -2.46. The van der Waals surface area contributed by atoms with Gasteiger partial charge in [-0.25, -0.2) is 9.18 Å². The van der Waals surface area contributed by atoms with Gasteiger partial charge in [0.25, 0.3) is 0 Å². The average Bonchev–Trinajstić information content (AvgIpc) is 3.52. The molecule has 1 saturated heterocycles. The van der Waals surface area contributed by atoms with E-state index in [1.165, 1.54) is 23.1 Å². The Bertz CT molecular complexity index is 1180. The Kier molecular flexibility index (Phi) is 8.61. The van der Waals surface area contributed by atoms with Crippen LogP contribution >= 0.6 is 11.6 Å². The van der Waals surface area contributed by atoms with Gasteiger partial charge in [-0.15, -0.1) is 0 Å². The van der Waals surface area contributed by atoms with E-state index in [1.54, 1.807) is 4.90 Å². The summed E-state index contributed by atoms with van der Waals surface area (Å²) in [5.74, 6) is 0.603. The maximum absolute atomic E-state index is 13.6. The van der Waals surface area contributed by atoms with Gasteiger partial charge in [-0.2, -0.15) is 0 Å². The summed E-state index contributed by atoms with van der Waals surface area (Å²) >= 11 is 5.87. The second-order valence-corrected chi connectivity index (χ2v) is 9.23. The average molecular weight is 514 g/mol. The van der Waals surface area contributed by atoms with E-state index in [-0.39, 0.29) is 36.7 Å². The Morgan fingerprint density at radius 1 is 1.08 bits per heavy atom. The summed E-state index contributed by atoms with van der Waals surface area (Å²) in [4.78, 5) is 29.9. The molecule has 4 rings (SSSR count). The number of benzene rings is 2. The molecule has 0 spiro atoms. The van der Waals surface area contributed by atoms with Gasteiger partial charge >= 0.3 is 6.03 Å². The van der Waals surface area contributed by atoms with Crippen LogP contribution in [-0.2, 0) is 22.6 Å². The standard InChI is InChI=1S/C27H29ClFN3O4/c1-19-9-11-23(36-19)17-31(15-20-6-3-2-4-7-20)26(33)18-32(16-22-8-5-13-35-22)27(34)30-21-10-12-25(29)24(28)14-21/h2-4,6-7,9-12,14,22H,5,8,13,15-18H2,1H3,(H,30,34). The Morgan fingerprint density at radius 3 is 2.56 bits per heavy atom. The van der Waals surface area contributed by atoms with Crippen molar-refractivity contribution in [2.45, 2.75) is 39.0 Å². The van der Waals surface area contributed by atoms with Crippen molar-refractivity contribution in [1.82, 2.24) is 9.80 Å². The summed E-state index contributed by atoms with van der Waals surface area (Å²) < 4.78 is 25.0. The minimum atomic E-state index is -0.578. The quantitative estimate of drug-likeness (QED) is 0.403. The Labute approximate surface area is 214 Å². The monoisotopic (exact) mass is 513 g/mol. The van der Waals surface area contributed by atoms with Gasteiger partial charge in [0.2, 0.25) is 5.91 Å². The van der Waals surface area contributed by atoms with E-state index in [0.29, 0.717) is 24.6 Å². The summed E-state index contributed by atoms with van der Waals surface area (Å²) in [5.41, 5.74) is 1.30. The Balaban J connectivity index is 1.51. The molecule has 1 atom stereocenters. The molecule has 1 aliphatic heterocycles. The molecule has 36 heavy (non-hydrogen) atoms. The minimum absolute atomic E-state index is 0.0997. The van der Waals surface area contributed by atoms with Crippen LogP contribution in [0.3, 0.4) is 0 Å². The van der Waals surface area contributed by atoms with Gasteiger partial charge in [0, 0.05) is 25.4 Å². The fraction of sp³-hybridized carbons (Fsp3) is 0.333. The van der Waals surface area contributed by atoms with Crippen molar-refractivity contribution in [3.63, 3.8) is 0 Å². The van der Waals surface area contributed by atoms with Crippen LogP contribution in [0.4, 0.5) is 14.9 Å². The third-order valence-electron chi connectivity index (χ3n) is 5.94. The number of carbonyl (C=O) groups is 2. The van der Waals surface area contributed by atoms with E-state index in [9.17, 15) is 14.0 Å². The fourth-order valence-electron chi connectivity index (χ4n) is 4.09. The van der Waals surface area contributed by atoms with Crippen LogP contribution in [0, 0.1) is 12.7 Å². The largest absolute Gasteiger partial charge is 0.464 e. The molecule has 1 N–H and O–H groups in total. The number of ether oxygens (including phenoxy) is 1. The molecule has 2 heterocycles. The molecule has 9 heteroatoms. The summed E-state index contributed by atoms with van der Waals surface area (Å²) in [6, 6.07) is 16.8. The fourth-order valence-corrected chi connectivity index (χ4v) is 4.27. The first-order valence-electron chi connectivity index (χ1n) is 11.9. The molecule has 1 unspecified atom stereocenters. The van der Waals surface area contributed by atoms with Crippen molar-refractivity contribution in [3.8, 4) is 0 Å². The number of hydrogen-bond acceptors (Lipinski definition) is 4. The number of halogens is 2. The number of hydrogen-bond donors (Lipinski definition) is 1. The highest BCUT2D eigenvalue weighted by atomic mass is 35.5. The maximum atomic E-state index is 13.6. The molecule has 1 fully saturated rings. The van der Waals surface area contributed by atoms with Crippen molar-refractivity contribution >= 4 is 29.2 Å². The zero-order valence-corrected chi connectivity index (χ0v) is 20.8. The van der Waals surface area contributed by atoms with Crippen LogP contribution in [0.2, 0.25) is 5.02 Å². The molecular weight excluding hydrogens is 485 g/mol. The number of aryl methyl sites for hydroxylation is 1. The normalized spacial score (nSPS) is 15.0. The number of urea groups is 1. The van der Waals surface area contributed by atoms with Crippen LogP contribution in [0.25, 0.3) is 0 Å². The molecule has 0 saturated carbocycles. The van der Waals surface area contributed by atoms with Gasteiger partial charge < -0.3 is 24.3 Å². The van der Waals surface area contributed by atoms with Gasteiger partial charge in [-0.1, -0.05) is 41.9 Å². The predicted octanol–water partition coefficient (Wildman–Crippen LogP) is 5.62. The lowest BCUT2D eigenvalue weighted by atomic mass is 10.2. The lowest BCUT2D eigenvalue weighted by molar-refractivity contribution is -0.133. The van der Waals surface area contributed by atoms with E-state index in [0.717, 1.165) is 24.2 Å². The number of rotatable bonds is 9. The minimum Gasteiger partial charge on any atom is -0.464 e. The van der Waals surface area contributed by atoms with Gasteiger partial charge in [-0.3, -0.25) is 4.79 Å². The maximum Gasteiger partial charge on any atom is 0.322 e. The van der Waals surface area contributed by atoms with Crippen LogP contribution in [0.15, 0.2) is 65.1 Å². The molecule has 0 radical (unpaired) electrons. The molecule has 1 aromatic heterocycles. The molecule has 190 valence electrons. The van der Waals surface area contributed by atoms with Crippen molar-refractivity contribution < 1.29 is 23.1 Å². The van der Waals surface area contributed by atoms with E-state index >= 15 is 0 Å². The smallest absolute Gasteiger partial charge is 0.322 e. The third-order valence-corrected chi connectivity index (χ3v) is 6.23. The second kappa shape index (κ2) is 12.1. The number of nitrogens with one attached hydrogen (secondary N) is 1. The van der Waals surface area contributed by atoms with E-state index < -0.39 is 11.8 Å². The summed E-state index contributed by atoms with van der Waals surface area (Å²) in [6.07, 6.45) is 1.55. The first-order chi connectivity index (χ1) is 17.4. The number of nitrogens with zero attached hydrogens (tertiary/aromatic N) is 2. The van der Waals surface area contributed by atoms with Crippen molar-refractivity contribution in [1.29, 1.82) is 0 Å². The number of amides is 3. The third kappa shape index (κ3) is 7.08. The van der Waals surface area contributed by atoms with Crippen LogP contribution in [-0.4, -0.2) is 47.5 Å². The number of furan rings is 1. The molecule has 0 bridgehead atoms. The Hall–Kier alpha value is -3.36. The van der Waals surface area contributed by atoms with Gasteiger partial charge in [-0.05, 0) is 55.7 Å². The highest BCUT2D eigenvalue weighted by Gasteiger charge is 2.27. The number of carbonyl (C=O) groups excluding carboxylic acids is 2. The first kappa shape index (κ1) is 25.7. The van der Waals surface area contributed by atoms with E-state index in [4.69, 9.17) is 20.8 Å². The van der Waals surface area contributed by atoms with Crippen LogP contribution < -0.4 is 5.32 Å². The van der Waals surface area contributed by atoms with Gasteiger partial charge in [0.15, 0.2) is 0 Å². The highest BCUT2D eigenvalue weighted by molar-refractivity contribution is 6.31. The molecule has 3 aromatic rings. The van der Waals surface area contributed by atoms with Gasteiger partial charge in [0.05, 0.1) is 17.7 Å². The summed E-state index contributed by atoms with van der Waals surface area (Å²) in [7, 11) is 0. The topological polar surface area (TPSA) is 75.0 Å². The SMILES string of the molecule is Cc1ccc(CN(Cc2ccccc2)C(=O)CN(CC2CCCO2)C(=O)Nc2ccc(F)c(Cl)c2)o1. The Morgan fingerprint density at radius 2 is 1.89 bits per heavy atom. The van der Waals surface area contributed by atoms with E-state index in [1.807, 2.05) is 49.4 Å².